The third kappa shape index (κ3) is 6.73. The highest BCUT2D eigenvalue weighted by Crippen LogP contribution is 2.30. The third-order valence-corrected chi connectivity index (χ3v) is 7.18. The first-order valence-electron chi connectivity index (χ1n) is 12.7. The number of likely N-dealkylation sites (tertiary alicyclic amines) is 2. The van der Waals surface area contributed by atoms with Gasteiger partial charge in [-0.1, -0.05) is 19.1 Å². The van der Waals surface area contributed by atoms with E-state index < -0.39 is 11.7 Å². The Labute approximate surface area is 213 Å². The van der Waals surface area contributed by atoms with Crippen molar-refractivity contribution < 1.29 is 24.5 Å². The van der Waals surface area contributed by atoms with Crippen LogP contribution in [-0.4, -0.2) is 95.6 Å². The van der Waals surface area contributed by atoms with E-state index in [0.29, 0.717) is 31.2 Å². The number of amides is 1. The molecule has 2 saturated heterocycles. The molecular formula is C27H38N4O5. The van der Waals surface area contributed by atoms with Crippen LogP contribution >= 0.6 is 0 Å². The average molecular weight is 499 g/mol. The van der Waals surface area contributed by atoms with Gasteiger partial charge in [-0.05, 0) is 61.7 Å². The summed E-state index contributed by atoms with van der Waals surface area (Å²) in [6.07, 6.45) is 3.04. The Balaban J connectivity index is 1.28. The monoisotopic (exact) mass is 498 g/mol. The molecule has 0 unspecified atom stereocenters. The first-order chi connectivity index (χ1) is 17.4. The number of methoxy groups -OCH3 is 1. The van der Waals surface area contributed by atoms with Gasteiger partial charge in [0.05, 0.1) is 19.8 Å². The summed E-state index contributed by atoms with van der Waals surface area (Å²) in [6.45, 7) is 7.06. The second-order valence-corrected chi connectivity index (χ2v) is 10.0. The Bertz CT molecular complexity index is 999. The molecule has 9 heteroatoms. The largest absolute Gasteiger partial charge is 0.493 e. The van der Waals surface area contributed by atoms with Crippen molar-refractivity contribution in [2.45, 2.75) is 38.0 Å². The van der Waals surface area contributed by atoms with Crippen LogP contribution in [0.3, 0.4) is 0 Å². The van der Waals surface area contributed by atoms with Crippen LogP contribution in [0.2, 0.25) is 0 Å². The average Bonchev–Trinajstić information content (AvgIpc) is 3.17. The van der Waals surface area contributed by atoms with Gasteiger partial charge < -0.3 is 25.0 Å². The van der Waals surface area contributed by atoms with Crippen LogP contribution < -0.4 is 14.8 Å². The summed E-state index contributed by atoms with van der Waals surface area (Å²) in [5, 5.41) is 24.2. The molecule has 1 amide bonds. The van der Waals surface area contributed by atoms with Gasteiger partial charge >= 0.3 is 0 Å². The zero-order valence-electron chi connectivity index (χ0n) is 21.2. The number of carbonyl (C=O) groups excluding carboxylic acids is 1. The molecule has 1 aromatic heterocycles. The second kappa shape index (κ2) is 12.0. The topological polar surface area (TPSA) is 107 Å². The van der Waals surface area contributed by atoms with E-state index in [4.69, 9.17) is 9.47 Å². The van der Waals surface area contributed by atoms with Crippen molar-refractivity contribution in [1.82, 2.24) is 20.1 Å². The minimum absolute atomic E-state index is 0.0634. The Morgan fingerprint density at radius 1 is 1.19 bits per heavy atom. The number of nitrogens with one attached hydrogen (secondary N) is 1. The molecule has 0 bridgehead atoms. The zero-order chi connectivity index (χ0) is 25.5. The molecule has 4 rings (SSSR count). The summed E-state index contributed by atoms with van der Waals surface area (Å²) >= 11 is 0. The van der Waals surface area contributed by atoms with Crippen molar-refractivity contribution >= 4 is 5.91 Å². The number of hydrogen-bond acceptors (Lipinski definition) is 8. The maximum Gasteiger partial charge on any atom is 0.269 e. The van der Waals surface area contributed by atoms with Gasteiger partial charge in [-0.25, -0.2) is 0 Å². The molecule has 196 valence electrons. The molecule has 3 N–H and O–H groups in total. The standard InChI is InChI=1S/C27H38N4O5/c1-20-8-11-30(12-9-20)13-14-36-23-7-6-21(15-24(23)35-2)16-31-17-25(32)27(34,19-31)18-29-26(33)22-5-3-4-10-28-22/h3-7,10,15,20,25,32,34H,8-9,11-14,16-19H2,1-2H3,(H,29,33)/t25-,27+/m1/s1. The maximum absolute atomic E-state index is 12.3. The number of β-amino-alcohol motifs (C(OH)–C–C–N with tert-alkyl or cyclic N) is 2. The number of carbonyl (C=O) groups is 1. The molecule has 2 aromatic rings. The van der Waals surface area contributed by atoms with Crippen molar-refractivity contribution in [3.63, 3.8) is 0 Å². The lowest BCUT2D eigenvalue weighted by molar-refractivity contribution is -0.0377. The highest BCUT2D eigenvalue weighted by atomic mass is 16.5. The van der Waals surface area contributed by atoms with Crippen LogP contribution in [0.5, 0.6) is 11.5 Å². The van der Waals surface area contributed by atoms with Crippen LogP contribution in [0.1, 0.15) is 35.8 Å². The van der Waals surface area contributed by atoms with Crippen LogP contribution in [0.25, 0.3) is 0 Å². The van der Waals surface area contributed by atoms with Gasteiger partial charge in [-0.2, -0.15) is 0 Å². The van der Waals surface area contributed by atoms with Crippen LogP contribution in [0, 0.1) is 5.92 Å². The summed E-state index contributed by atoms with van der Waals surface area (Å²) < 4.78 is 11.6. The van der Waals surface area contributed by atoms with Crippen LogP contribution in [-0.2, 0) is 6.54 Å². The van der Waals surface area contributed by atoms with E-state index in [1.807, 2.05) is 23.1 Å². The van der Waals surface area contributed by atoms with Crippen molar-refractivity contribution in [3.8, 4) is 11.5 Å². The number of hydrogen-bond donors (Lipinski definition) is 3. The maximum atomic E-state index is 12.3. The summed E-state index contributed by atoms with van der Waals surface area (Å²) in [5.41, 5.74) is -0.187. The van der Waals surface area contributed by atoms with Gasteiger partial charge in [-0.15, -0.1) is 0 Å². The Kier molecular flexibility index (Phi) is 8.79. The zero-order valence-corrected chi connectivity index (χ0v) is 21.2. The molecule has 2 aliphatic rings. The summed E-state index contributed by atoms with van der Waals surface area (Å²) in [6, 6.07) is 10.9. The van der Waals surface area contributed by atoms with E-state index >= 15 is 0 Å². The number of aromatic nitrogens is 1. The first kappa shape index (κ1) is 26.3. The molecule has 0 aliphatic carbocycles. The van der Waals surface area contributed by atoms with Crippen LogP contribution in [0.15, 0.2) is 42.6 Å². The summed E-state index contributed by atoms with van der Waals surface area (Å²) in [7, 11) is 1.63. The smallest absolute Gasteiger partial charge is 0.269 e. The van der Waals surface area contributed by atoms with E-state index in [2.05, 4.69) is 22.1 Å². The molecule has 2 aliphatic heterocycles. The Hall–Kier alpha value is -2.72. The van der Waals surface area contributed by atoms with E-state index in [0.717, 1.165) is 31.1 Å². The number of pyridine rings is 1. The number of nitrogens with zero attached hydrogens (tertiary/aromatic N) is 3. The first-order valence-corrected chi connectivity index (χ1v) is 12.7. The van der Waals surface area contributed by atoms with E-state index in [-0.39, 0.29) is 24.7 Å². The summed E-state index contributed by atoms with van der Waals surface area (Å²) in [5.74, 6) is 1.80. The van der Waals surface area contributed by atoms with E-state index in [1.165, 1.54) is 19.0 Å². The Morgan fingerprint density at radius 2 is 2.00 bits per heavy atom. The van der Waals surface area contributed by atoms with Crippen molar-refractivity contribution in [2.75, 3.05) is 53.0 Å². The van der Waals surface area contributed by atoms with Gasteiger partial charge in [0.25, 0.3) is 5.91 Å². The number of aliphatic hydroxyl groups excluding tert-OH is 1. The molecule has 0 spiro atoms. The number of ether oxygens (including phenoxy) is 2. The lowest BCUT2D eigenvalue weighted by atomic mass is 9.99. The quantitative estimate of drug-likeness (QED) is 0.453. The molecule has 2 fully saturated rings. The summed E-state index contributed by atoms with van der Waals surface area (Å²) in [4.78, 5) is 20.7. The molecule has 9 nitrogen and oxygen atoms in total. The van der Waals surface area contributed by atoms with Crippen molar-refractivity contribution in [3.05, 3.63) is 53.9 Å². The normalized spacial score (nSPS) is 23.5. The van der Waals surface area contributed by atoms with Crippen molar-refractivity contribution in [1.29, 1.82) is 0 Å². The molecular weight excluding hydrogens is 460 g/mol. The van der Waals surface area contributed by atoms with Crippen molar-refractivity contribution in [2.24, 2.45) is 5.92 Å². The fourth-order valence-corrected chi connectivity index (χ4v) is 4.84. The lowest BCUT2D eigenvalue weighted by Gasteiger charge is -2.30. The van der Waals surface area contributed by atoms with Gasteiger partial charge in [0.1, 0.15) is 17.9 Å². The minimum Gasteiger partial charge on any atom is -0.493 e. The highest BCUT2D eigenvalue weighted by molar-refractivity contribution is 5.92. The number of benzene rings is 1. The molecule has 36 heavy (non-hydrogen) atoms. The minimum atomic E-state index is -1.44. The SMILES string of the molecule is COc1cc(CN2C[C@@H](O)[C@](O)(CNC(=O)c3ccccn3)C2)ccc1OCCN1CCC(C)CC1. The number of rotatable bonds is 10. The molecule has 0 saturated carbocycles. The predicted octanol–water partition coefficient (Wildman–Crippen LogP) is 1.54. The Morgan fingerprint density at radius 3 is 2.72 bits per heavy atom. The lowest BCUT2D eigenvalue weighted by Crippen LogP contribution is -2.51. The molecule has 2 atom stereocenters. The van der Waals surface area contributed by atoms with Gasteiger partial charge in [0, 0.05) is 32.4 Å². The second-order valence-electron chi connectivity index (χ2n) is 10.0. The highest BCUT2D eigenvalue weighted by Gasteiger charge is 2.44. The fraction of sp³-hybridized carbons (Fsp3) is 0.556. The van der Waals surface area contributed by atoms with E-state index in [9.17, 15) is 15.0 Å². The van der Waals surface area contributed by atoms with E-state index in [1.54, 1.807) is 25.3 Å². The molecule has 1 aromatic carbocycles. The van der Waals surface area contributed by atoms with Gasteiger partial charge in [-0.3, -0.25) is 19.6 Å². The van der Waals surface area contributed by atoms with Gasteiger partial charge in [0.2, 0.25) is 0 Å². The van der Waals surface area contributed by atoms with Gasteiger partial charge in [0.15, 0.2) is 11.5 Å². The molecule has 3 heterocycles. The number of piperidine rings is 1. The predicted molar refractivity (Wildman–Crippen MR) is 136 cm³/mol. The third-order valence-electron chi connectivity index (χ3n) is 7.18. The molecule has 0 radical (unpaired) electrons. The fourth-order valence-electron chi connectivity index (χ4n) is 4.84. The van der Waals surface area contributed by atoms with Crippen LogP contribution in [0.4, 0.5) is 0 Å². The number of aliphatic hydroxyl groups is 2.